The van der Waals surface area contributed by atoms with Crippen LogP contribution in [0.4, 0.5) is 0 Å². The van der Waals surface area contributed by atoms with Crippen molar-refractivity contribution in [2.45, 2.75) is 50.5 Å². The molecular weight excluding hydrogens is 242 g/mol. The van der Waals surface area contributed by atoms with Gasteiger partial charge in [-0.3, -0.25) is 14.9 Å². The number of carboxylic acids is 2. The number of aliphatic hydroxyl groups is 1. The second-order valence-corrected chi connectivity index (χ2v) is 4.21. The molecule has 0 rings (SSSR count). The van der Waals surface area contributed by atoms with Crippen molar-refractivity contribution in [3.05, 3.63) is 0 Å². The molecule has 0 saturated carbocycles. The lowest BCUT2D eigenvalue weighted by molar-refractivity contribution is -0.142. The summed E-state index contributed by atoms with van der Waals surface area (Å²) in [5, 5.41) is 29.1. The standard InChI is InChI=1S/C10H21N3O5/c1-5(14)8(10(17)18)13-7(12)4-2-3-6(11)9(15)16/h5-8,13-14H,2-4,11-12H2,1H3,(H,15,16)(H,17,18)/t5-,6+,7?,8+/m1/s1. The summed E-state index contributed by atoms with van der Waals surface area (Å²) in [4.78, 5) is 21.2. The highest BCUT2D eigenvalue weighted by atomic mass is 16.4. The molecule has 0 heterocycles. The Bertz CT molecular complexity index is 285. The van der Waals surface area contributed by atoms with Gasteiger partial charge in [-0.05, 0) is 26.2 Å². The van der Waals surface area contributed by atoms with Gasteiger partial charge in [-0.2, -0.15) is 0 Å². The van der Waals surface area contributed by atoms with Crippen molar-refractivity contribution in [3.63, 3.8) is 0 Å². The molecule has 0 amide bonds. The molecule has 0 aromatic heterocycles. The van der Waals surface area contributed by atoms with E-state index in [9.17, 15) is 14.7 Å². The fourth-order valence-corrected chi connectivity index (χ4v) is 1.41. The third kappa shape index (κ3) is 6.50. The van der Waals surface area contributed by atoms with E-state index in [2.05, 4.69) is 5.32 Å². The van der Waals surface area contributed by atoms with Crippen LogP contribution in [0.15, 0.2) is 0 Å². The van der Waals surface area contributed by atoms with Crippen LogP contribution in [-0.2, 0) is 9.59 Å². The molecule has 0 bridgehead atoms. The highest BCUT2D eigenvalue weighted by molar-refractivity contribution is 5.74. The lowest BCUT2D eigenvalue weighted by Crippen LogP contribution is -2.52. The molecule has 106 valence electrons. The molecule has 8 heteroatoms. The quantitative estimate of drug-likeness (QED) is 0.268. The normalized spacial score (nSPS) is 17.8. The van der Waals surface area contributed by atoms with Crippen molar-refractivity contribution in [1.29, 1.82) is 0 Å². The zero-order chi connectivity index (χ0) is 14.3. The summed E-state index contributed by atoms with van der Waals surface area (Å²) < 4.78 is 0. The maximum absolute atomic E-state index is 10.8. The monoisotopic (exact) mass is 263 g/mol. The highest BCUT2D eigenvalue weighted by Crippen LogP contribution is 2.03. The first-order valence-electron chi connectivity index (χ1n) is 5.66. The predicted octanol–water partition coefficient (Wildman–Crippen LogP) is -1.72. The molecule has 0 aromatic rings. The van der Waals surface area contributed by atoms with Crippen LogP contribution < -0.4 is 16.8 Å². The number of hydrogen-bond donors (Lipinski definition) is 6. The summed E-state index contributed by atoms with van der Waals surface area (Å²) in [5.74, 6) is -2.27. The van der Waals surface area contributed by atoms with Crippen molar-refractivity contribution >= 4 is 11.9 Å². The van der Waals surface area contributed by atoms with E-state index in [0.29, 0.717) is 12.8 Å². The van der Waals surface area contributed by atoms with Gasteiger partial charge in [0.05, 0.1) is 12.3 Å². The number of rotatable bonds is 9. The van der Waals surface area contributed by atoms with Gasteiger partial charge in [0.25, 0.3) is 0 Å². The van der Waals surface area contributed by atoms with E-state index >= 15 is 0 Å². The van der Waals surface area contributed by atoms with E-state index in [1.807, 2.05) is 0 Å². The minimum absolute atomic E-state index is 0.261. The van der Waals surface area contributed by atoms with Crippen LogP contribution in [0.25, 0.3) is 0 Å². The van der Waals surface area contributed by atoms with E-state index in [4.69, 9.17) is 21.7 Å². The molecule has 18 heavy (non-hydrogen) atoms. The summed E-state index contributed by atoms with van der Waals surface area (Å²) in [5.41, 5.74) is 10.9. The first-order chi connectivity index (χ1) is 8.25. The van der Waals surface area contributed by atoms with Crippen LogP contribution in [0, 0.1) is 0 Å². The Balaban J connectivity index is 3.99. The largest absolute Gasteiger partial charge is 0.480 e. The predicted molar refractivity (Wildman–Crippen MR) is 63.7 cm³/mol. The Morgan fingerprint density at radius 1 is 1.17 bits per heavy atom. The molecule has 1 unspecified atom stereocenters. The number of carbonyl (C=O) groups is 2. The van der Waals surface area contributed by atoms with Crippen molar-refractivity contribution in [2.75, 3.05) is 0 Å². The van der Waals surface area contributed by atoms with Crippen LogP contribution in [0.3, 0.4) is 0 Å². The summed E-state index contributed by atoms with van der Waals surface area (Å²) in [7, 11) is 0. The third-order valence-electron chi connectivity index (χ3n) is 2.49. The van der Waals surface area contributed by atoms with E-state index in [1.54, 1.807) is 0 Å². The Labute approximate surface area is 105 Å². The average molecular weight is 263 g/mol. The Hall–Kier alpha value is -1.22. The lowest BCUT2D eigenvalue weighted by Gasteiger charge is -2.22. The summed E-state index contributed by atoms with van der Waals surface area (Å²) in [6.07, 6.45) is -0.626. The van der Waals surface area contributed by atoms with E-state index in [-0.39, 0.29) is 6.42 Å². The molecule has 0 saturated heterocycles. The molecule has 4 atom stereocenters. The van der Waals surface area contributed by atoms with Gasteiger partial charge in [0, 0.05) is 0 Å². The fraction of sp³-hybridized carbons (Fsp3) is 0.800. The van der Waals surface area contributed by atoms with Crippen LogP contribution in [0.2, 0.25) is 0 Å². The molecule has 0 radical (unpaired) electrons. The Morgan fingerprint density at radius 3 is 2.11 bits per heavy atom. The van der Waals surface area contributed by atoms with Crippen molar-refractivity contribution < 1.29 is 24.9 Å². The first-order valence-corrected chi connectivity index (χ1v) is 5.66. The van der Waals surface area contributed by atoms with Gasteiger partial charge in [0.2, 0.25) is 0 Å². The van der Waals surface area contributed by atoms with E-state index in [0.717, 1.165) is 0 Å². The van der Waals surface area contributed by atoms with Gasteiger partial charge in [-0.1, -0.05) is 0 Å². The zero-order valence-electron chi connectivity index (χ0n) is 10.2. The van der Waals surface area contributed by atoms with Crippen LogP contribution in [0.5, 0.6) is 0 Å². The van der Waals surface area contributed by atoms with E-state index < -0.39 is 36.3 Å². The van der Waals surface area contributed by atoms with Gasteiger partial charge in [0.1, 0.15) is 12.1 Å². The SMILES string of the molecule is C[C@@H](O)[C@H](NC(N)CCC[C@H](N)C(=O)O)C(=O)O. The molecule has 0 spiro atoms. The fourth-order valence-electron chi connectivity index (χ4n) is 1.41. The number of aliphatic hydroxyl groups excluding tert-OH is 1. The number of hydrogen-bond acceptors (Lipinski definition) is 6. The van der Waals surface area contributed by atoms with Gasteiger partial charge >= 0.3 is 11.9 Å². The number of nitrogens with two attached hydrogens (primary N) is 2. The van der Waals surface area contributed by atoms with Crippen LogP contribution in [0.1, 0.15) is 26.2 Å². The van der Waals surface area contributed by atoms with Crippen molar-refractivity contribution in [2.24, 2.45) is 11.5 Å². The van der Waals surface area contributed by atoms with Crippen LogP contribution >= 0.6 is 0 Å². The van der Waals surface area contributed by atoms with Gasteiger partial charge in [0.15, 0.2) is 0 Å². The highest BCUT2D eigenvalue weighted by Gasteiger charge is 2.24. The van der Waals surface area contributed by atoms with Crippen LogP contribution in [-0.4, -0.2) is 51.6 Å². The Kier molecular flexibility index (Phi) is 7.44. The summed E-state index contributed by atoms with van der Waals surface area (Å²) in [6.45, 7) is 1.35. The third-order valence-corrected chi connectivity index (χ3v) is 2.49. The zero-order valence-corrected chi connectivity index (χ0v) is 10.2. The van der Waals surface area contributed by atoms with Crippen molar-refractivity contribution in [3.8, 4) is 0 Å². The Morgan fingerprint density at radius 2 is 1.72 bits per heavy atom. The maximum Gasteiger partial charge on any atom is 0.323 e. The lowest BCUT2D eigenvalue weighted by atomic mass is 10.1. The maximum atomic E-state index is 10.8. The molecule has 0 aromatic carbocycles. The van der Waals surface area contributed by atoms with Gasteiger partial charge in [-0.15, -0.1) is 0 Å². The first kappa shape index (κ1) is 16.8. The minimum Gasteiger partial charge on any atom is -0.480 e. The van der Waals surface area contributed by atoms with E-state index in [1.165, 1.54) is 6.92 Å². The second-order valence-electron chi connectivity index (χ2n) is 4.21. The summed E-state index contributed by atoms with van der Waals surface area (Å²) in [6, 6.07) is -2.09. The number of carboxylic acid groups (broad SMARTS) is 2. The molecule has 8 nitrogen and oxygen atoms in total. The van der Waals surface area contributed by atoms with Gasteiger partial charge in [-0.25, -0.2) is 0 Å². The molecular formula is C10H21N3O5. The number of aliphatic carboxylic acids is 2. The minimum atomic E-state index is -1.19. The topological polar surface area (TPSA) is 159 Å². The molecule has 0 fully saturated rings. The van der Waals surface area contributed by atoms with Crippen molar-refractivity contribution in [1.82, 2.24) is 5.32 Å². The number of nitrogens with one attached hydrogen (secondary N) is 1. The molecule has 0 aliphatic heterocycles. The van der Waals surface area contributed by atoms with Gasteiger partial charge < -0.3 is 26.8 Å². The molecule has 0 aliphatic carbocycles. The smallest absolute Gasteiger partial charge is 0.323 e. The average Bonchev–Trinajstić information content (AvgIpc) is 2.24. The molecule has 8 N–H and O–H groups in total. The summed E-state index contributed by atoms with van der Waals surface area (Å²) >= 11 is 0. The second kappa shape index (κ2) is 7.98. The molecule has 0 aliphatic rings.